The largest absolute Gasteiger partial charge is 0.382 e. The Morgan fingerprint density at radius 3 is 1.49 bits per heavy atom. The Kier molecular flexibility index (Phi) is 5.00. The molecule has 9 nitrogen and oxygen atoms in total. The molecule has 4 aliphatic rings. The van der Waals surface area contributed by atoms with Gasteiger partial charge >= 0.3 is 0 Å². The maximum atomic E-state index is 6.11. The predicted octanol–water partition coefficient (Wildman–Crippen LogP) is 6.06. The van der Waals surface area contributed by atoms with Gasteiger partial charge in [-0.3, -0.25) is 4.98 Å². The number of hydrogen-bond donors (Lipinski definition) is 1. The Morgan fingerprint density at radius 2 is 1.05 bits per heavy atom. The summed E-state index contributed by atoms with van der Waals surface area (Å²) < 4.78 is 4.09. The number of pyridine rings is 2. The highest BCUT2D eigenvalue weighted by Crippen LogP contribution is 2.46. The molecule has 4 fully saturated rings. The fourth-order valence-corrected chi connectivity index (χ4v) is 5.81. The zero-order valence-electron chi connectivity index (χ0n) is 22.8. The summed E-state index contributed by atoms with van der Waals surface area (Å²) in [5.74, 6) is 4.48. The van der Waals surface area contributed by atoms with E-state index in [1.807, 2.05) is 46.0 Å². The van der Waals surface area contributed by atoms with E-state index in [4.69, 9.17) is 25.9 Å². The lowest BCUT2D eigenvalue weighted by atomic mass is 10.1. The van der Waals surface area contributed by atoms with Crippen molar-refractivity contribution in [3.63, 3.8) is 0 Å². The number of nitrogen functional groups attached to an aromatic ring is 1. The molecule has 5 aromatic heterocycles. The lowest BCUT2D eigenvalue weighted by Gasteiger charge is -2.11. The number of anilines is 1. The Balaban J connectivity index is 1.04. The van der Waals surface area contributed by atoms with Gasteiger partial charge in [0.25, 0.3) is 0 Å². The van der Waals surface area contributed by atoms with Crippen LogP contribution in [0.1, 0.15) is 97.8 Å². The van der Waals surface area contributed by atoms with E-state index in [0.717, 1.165) is 28.5 Å². The summed E-state index contributed by atoms with van der Waals surface area (Å²) in [5, 5.41) is 9.89. The fraction of sp³-hybridized carbons (Fsp3) is 0.375. The van der Waals surface area contributed by atoms with Gasteiger partial charge in [0.1, 0.15) is 11.5 Å². The third kappa shape index (κ3) is 4.31. The Hall–Kier alpha value is -4.40. The highest BCUT2D eigenvalue weighted by atomic mass is 15.3. The molecule has 0 bridgehead atoms. The molecule has 0 spiro atoms. The second kappa shape index (κ2) is 8.80. The van der Waals surface area contributed by atoms with E-state index in [1.165, 1.54) is 74.1 Å². The Bertz CT molecular complexity index is 1770. The van der Waals surface area contributed by atoms with Gasteiger partial charge in [-0.15, -0.1) is 0 Å². The number of rotatable bonds is 8. The van der Waals surface area contributed by atoms with Crippen LogP contribution in [0.15, 0.2) is 55.0 Å². The van der Waals surface area contributed by atoms with Crippen molar-refractivity contribution in [1.82, 2.24) is 39.5 Å². The number of hydrogen-bond acceptors (Lipinski definition) is 7. The molecule has 2 N–H and O–H groups in total. The molecule has 0 saturated heterocycles. The smallest absolute Gasteiger partial charge is 0.153 e. The van der Waals surface area contributed by atoms with Gasteiger partial charge in [0.2, 0.25) is 0 Å². The summed E-state index contributed by atoms with van der Waals surface area (Å²) in [5.41, 5.74) is 14.2. The van der Waals surface area contributed by atoms with Crippen LogP contribution in [0, 0.1) is 0 Å². The third-order valence-electron chi connectivity index (χ3n) is 8.76. The zero-order chi connectivity index (χ0) is 27.1. The van der Waals surface area contributed by atoms with Crippen molar-refractivity contribution < 1.29 is 0 Å². The first-order valence-corrected chi connectivity index (χ1v) is 14.9. The molecule has 0 aromatic carbocycles. The van der Waals surface area contributed by atoms with Crippen molar-refractivity contribution in [1.29, 1.82) is 0 Å². The van der Waals surface area contributed by atoms with Crippen molar-refractivity contribution in [2.24, 2.45) is 0 Å². The molecule has 0 amide bonds. The average molecular weight is 542 g/mol. The Labute approximate surface area is 237 Å². The third-order valence-corrected chi connectivity index (χ3v) is 8.76. The SMILES string of the molecule is Nc1cnc(-c2ccc(-n3nc(C4CC4)cc3C3CC3)nc2)c(-c2ccc(-n3nc(C4CC4)cc3C3CC3)nc2)n1. The molecule has 4 aliphatic carbocycles. The highest BCUT2D eigenvalue weighted by molar-refractivity contribution is 5.78. The van der Waals surface area contributed by atoms with Crippen LogP contribution < -0.4 is 5.73 Å². The lowest BCUT2D eigenvalue weighted by Crippen LogP contribution is -2.05. The lowest BCUT2D eigenvalue weighted by molar-refractivity contribution is 0.766. The van der Waals surface area contributed by atoms with Crippen molar-refractivity contribution in [2.45, 2.75) is 75.0 Å². The van der Waals surface area contributed by atoms with Crippen molar-refractivity contribution >= 4 is 5.82 Å². The molecular formula is C32H31N9. The van der Waals surface area contributed by atoms with Gasteiger partial charge in [0, 0.05) is 58.6 Å². The summed E-state index contributed by atoms with van der Waals surface area (Å²) in [6, 6.07) is 12.7. The van der Waals surface area contributed by atoms with Crippen LogP contribution in [0.3, 0.4) is 0 Å². The molecule has 41 heavy (non-hydrogen) atoms. The minimum Gasteiger partial charge on any atom is -0.382 e. The molecule has 0 atom stereocenters. The van der Waals surface area contributed by atoms with Gasteiger partial charge in [0.05, 0.1) is 23.3 Å². The minimum atomic E-state index is 0.368. The van der Waals surface area contributed by atoms with Crippen molar-refractivity contribution in [3.05, 3.63) is 77.8 Å². The quantitative estimate of drug-likeness (QED) is 0.254. The van der Waals surface area contributed by atoms with Gasteiger partial charge < -0.3 is 5.73 Å². The number of nitrogens with zero attached hydrogens (tertiary/aromatic N) is 8. The molecular weight excluding hydrogens is 510 g/mol. The van der Waals surface area contributed by atoms with E-state index >= 15 is 0 Å². The molecule has 9 heteroatoms. The second-order valence-corrected chi connectivity index (χ2v) is 12.2. The molecule has 204 valence electrons. The van der Waals surface area contributed by atoms with Crippen molar-refractivity contribution in [2.75, 3.05) is 5.73 Å². The van der Waals surface area contributed by atoms with Crippen LogP contribution in [0.4, 0.5) is 5.82 Å². The molecule has 0 radical (unpaired) electrons. The van der Waals surface area contributed by atoms with Gasteiger partial charge in [-0.2, -0.15) is 10.2 Å². The van der Waals surface area contributed by atoms with Crippen LogP contribution in [0.25, 0.3) is 34.2 Å². The summed E-state index contributed by atoms with van der Waals surface area (Å²) in [6.45, 7) is 0. The maximum absolute atomic E-state index is 6.11. The minimum absolute atomic E-state index is 0.368. The van der Waals surface area contributed by atoms with E-state index in [-0.39, 0.29) is 0 Å². The molecule has 9 rings (SSSR count). The van der Waals surface area contributed by atoms with Gasteiger partial charge in [0.15, 0.2) is 11.6 Å². The number of nitrogens with two attached hydrogens (primary N) is 1. The molecule has 0 unspecified atom stereocenters. The normalized spacial score (nSPS) is 18.6. The first kappa shape index (κ1) is 23.3. The molecule has 5 aromatic rings. The van der Waals surface area contributed by atoms with E-state index in [9.17, 15) is 0 Å². The van der Waals surface area contributed by atoms with Gasteiger partial charge in [-0.1, -0.05) is 0 Å². The van der Waals surface area contributed by atoms with Crippen molar-refractivity contribution in [3.8, 4) is 34.2 Å². The summed E-state index contributed by atoms with van der Waals surface area (Å²) >= 11 is 0. The van der Waals surface area contributed by atoms with Crippen LogP contribution in [-0.4, -0.2) is 39.5 Å². The number of aromatic nitrogens is 8. The van der Waals surface area contributed by atoms with Crippen LogP contribution in [-0.2, 0) is 0 Å². The maximum Gasteiger partial charge on any atom is 0.153 e. The summed E-state index contributed by atoms with van der Waals surface area (Å²) in [4.78, 5) is 19.0. The monoisotopic (exact) mass is 541 g/mol. The molecule has 4 saturated carbocycles. The average Bonchev–Trinajstić information content (AvgIpc) is 3.83. The summed E-state index contributed by atoms with van der Waals surface area (Å²) in [7, 11) is 0. The first-order chi connectivity index (χ1) is 20.2. The first-order valence-electron chi connectivity index (χ1n) is 14.9. The van der Waals surface area contributed by atoms with Crippen LogP contribution in [0.5, 0.6) is 0 Å². The predicted molar refractivity (Wildman–Crippen MR) is 155 cm³/mol. The van der Waals surface area contributed by atoms with E-state index in [0.29, 0.717) is 35.2 Å². The van der Waals surface area contributed by atoms with E-state index in [1.54, 1.807) is 6.20 Å². The molecule has 5 heterocycles. The fourth-order valence-electron chi connectivity index (χ4n) is 5.81. The Morgan fingerprint density at radius 1 is 0.561 bits per heavy atom. The highest BCUT2D eigenvalue weighted by Gasteiger charge is 2.34. The second-order valence-electron chi connectivity index (χ2n) is 12.2. The van der Waals surface area contributed by atoms with Crippen LogP contribution in [0.2, 0.25) is 0 Å². The summed E-state index contributed by atoms with van der Waals surface area (Å²) in [6.07, 6.45) is 15.2. The van der Waals surface area contributed by atoms with Crippen LogP contribution >= 0.6 is 0 Å². The topological polar surface area (TPSA) is 113 Å². The van der Waals surface area contributed by atoms with E-state index < -0.39 is 0 Å². The standard InChI is InChI=1S/C32H31N9/c33-28-17-36-31(22-9-11-29(34-15-22)40-26(20-5-6-20)13-24(38-40)18-1-2-18)32(37-28)23-10-12-30(35-16-23)41-27(21-7-8-21)14-25(39-41)19-3-4-19/h9-21H,1-8H2,(H2,33,37). The van der Waals surface area contributed by atoms with Gasteiger partial charge in [-0.05, 0) is 87.8 Å². The van der Waals surface area contributed by atoms with E-state index in [2.05, 4.69) is 22.1 Å². The zero-order valence-corrected chi connectivity index (χ0v) is 22.8. The van der Waals surface area contributed by atoms with Gasteiger partial charge in [-0.25, -0.2) is 24.3 Å². The molecule has 0 aliphatic heterocycles.